The molecule has 2 heterocycles. The van der Waals surface area contributed by atoms with Crippen molar-refractivity contribution in [2.45, 2.75) is 39.2 Å². The topological polar surface area (TPSA) is 80.4 Å². The number of hydrogen-bond donors (Lipinski definition) is 1. The Morgan fingerprint density at radius 2 is 1.96 bits per heavy atom. The third kappa shape index (κ3) is 5.89. The van der Waals surface area contributed by atoms with Gasteiger partial charge in [0.2, 0.25) is 0 Å². The lowest BCUT2D eigenvalue weighted by molar-refractivity contribution is 0.0170. The summed E-state index contributed by atoms with van der Waals surface area (Å²) in [5, 5.41) is 0. The van der Waals surface area contributed by atoms with Crippen LogP contribution in [0.5, 0.6) is 0 Å². The first-order valence-corrected chi connectivity index (χ1v) is 8.46. The fraction of sp³-hybridized carbons (Fsp3) is 0.875. The van der Waals surface area contributed by atoms with E-state index in [2.05, 4.69) is 9.89 Å². The largest absolute Gasteiger partial charge is 0.444 e. The smallest absolute Gasteiger partial charge is 0.410 e. The molecule has 1 amide bonds. The molecule has 132 valence electrons. The second-order valence-corrected chi connectivity index (χ2v) is 7.23. The van der Waals surface area contributed by atoms with E-state index in [9.17, 15) is 4.79 Å². The van der Waals surface area contributed by atoms with Crippen LogP contribution in [0.15, 0.2) is 4.99 Å². The molecule has 0 spiro atoms. The average molecular weight is 326 g/mol. The summed E-state index contributed by atoms with van der Waals surface area (Å²) >= 11 is 0. The number of aliphatic imine (C=N–C) groups is 1. The quantitative estimate of drug-likeness (QED) is 0.611. The van der Waals surface area contributed by atoms with Crippen LogP contribution in [-0.2, 0) is 9.47 Å². The molecule has 0 radical (unpaired) electrons. The number of hydrogen-bond acceptors (Lipinski definition) is 4. The summed E-state index contributed by atoms with van der Waals surface area (Å²) in [6.07, 6.45) is 1.82. The van der Waals surface area contributed by atoms with Crippen molar-refractivity contribution in [2.24, 2.45) is 16.6 Å². The first kappa shape index (κ1) is 17.8. The van der Waals surface area contributed by atoms with E-state index in [0.29, 0.717) is 38.2 Å². The standard InChI is InChI=1S/C16H30N4O3/c1-16(2,3)23-15(21)20-6-4-5-13(12-20)11-18-14(17)19-7-9-22-10-8-19/h13H,4-12H2,1-3H3,(H2,17,18). The molecular weight excluding hydrogens is 296 g/mol. The first-order chi connectivity index (χ1) is 10.8. The Balaban J connectivity index is 1.82. The van der Waals surface area contributed by atoms with Gasteiger partial charge in [0.25, 0.3) is 0 Å². The van der Waals surface area contributed by atoms with Crippen LogP contribution in [0.3, 0.4) is 0 Å². The van der Waals surface area contributed by atoms with Crippen molar-refractivity contribution in [2.75, 3.05) is 45.9 Å². The zero-order chi connectivity index (χ0) is 16.9. The second kappa shape index (κ2) is 7.86. The number of piperidine rings is 1. The predicted molar refractivity (Wildman–Crippen MR) is 89.4 cm³/mol. The molecule has 0 aromatic heterocycles. The summed E-state index contributed by atoms with van der Waals surface area (Å²) in [6.45, 7) is 10.8. The number of carbonyl (C=O) groups excluding carboxylic acids is 1. The van der Waals surface area contributed by atoms with Crippen molar-refractivity contribution in [3.63, 3.8) is 0 Å². The molecule has 2 aliphatic heterocycles. The van der Waals surface area contributed by atoms with Crippen LogP contribution >= 0.6 is 0 Å². The summed E-state index contributed by atoms with van der Waals surface area (Å²) in [5.74, 6) is 0.929. The number of nitrogens with zero attached hydrogens (tertiary/aromatic N) is 3. The Labute approximate surface area is 138 Å². The van der Waals surface area contributed by atoms with E-state index in [-0.39, 0.29) is 6.09 Å². The van der Waals surface area contributed by atoms with Gasteiger partial charge in [-0.1, -0.05) is 0 Å². The van der Waals surface area contributed by atoms with E-state index < -0.39 is 5.60 Å². The number of amides is 1. The van der Waals surface area contributed by atoms with Crippen LogP contribution in [0, 0.1) is 5.92 Å². The van der Waals surface area contributed by atoms with Crippen molar-refractivity contribution < 1.29 is 14.3 Å². The third-order valence-electron chi connectivity index (χ3n) is 4.02. The Morgan fingerprint density at radius 1 is 1.26 bits per heavy atom. The van der Waals surface area contributed by atoms with Crippen molar-refractivity contribution in [3.05, 3.63) is 0 Å². The van der Waals surface area contributed by atoms with Gasteiger partial charge >= 0.3 is 6.09 Å². The van der Waals surface area contributed by atoms with Gasteiger partial charge < -0.3 is 25.0 Å². The minimum atomic E-state index is -0.455. The highest BCUT2D eigenvalue weighted by molar-refractivity contribution is 5.78. The minimum absolute atomic E-state index is 0.229. The van der Waals surface area contributed by atoms with Gasteiger partial charge in [0.15, 0.2) is 5.96 Å². The SMILES string of the molecule is CC(C)(C)OC(=O)N1CCCC(CN=C(N)N2CCOCC2)C1. The third-order valence-corrected chi connectivity index (χ3v) is 4.02. The van der Waals surface area contributed by atoms with Crippen molar-refractivity contribution >= 4 is 12.1 Å². The lowest BCUT2D eigenvalue weighted by atomic mass is 9.98. The van der Waals surface area contributed by atoms with Gasteiger partial charge in [0.05, 0.1) is 13.2 Å². The van der Waals surface area contributed by atoms with Gasteiger partial charge in [0, 0.05) is 32.7 Å². The molecule has 2 aliphatic rings. The van der Waals surface area contributed by atoms with E-state index in [1.54, 1.807) is 4.90 Å². The van der Waals surface area contributed by atoms with E-state index >= 15 is 0 Å². The van der Waals surface area contributed by atoms with E-state index in [1.807, 2.05) is 20.8 Å². The highest BCUT2D eigenvalue weighted by atomic mass is 16.6. The van der Waals surface area contributed by atoms with Gasteiger partial charge in [-0.05, 0) is 39.5 Å². The summed E-state index contributed by atoms with van der Waals surface area (Å²) in [5.41, 5.74) is 5.60. The maximum Gasteiger partial charge on any atom is 0.410 e. The number of likely N-dealkylation sites (tertiary alicyclic amines) is 1. The number of morpholine rings is 1. The summed E-state index contributed by atoms with van der Waals surface area (Å²) in [7, 11) is 0. The minimum Gasteiger partial charge on any atom is -0.444 e. The Kier molecular flexibility index (Phi) is 6.10. The molecule has 0 bridgehead atoms. The van der Waals surface area contributed by atoms with Gasteiger partial charge in [0.1, 0.15) is 5.60 Å². The highest BCUT2D eigenvalue weighted by Crippen LogP contribution is 2.19. The summed E-state index contributed by atoms with van der Waals surface area (Å²) < 4.78 is 10.8. The lowest BCUT2D eigenvalue weighted by Crippen LogP contribution is -2.46. The maximum absolute atomic E-state index is 12.2. The van der Waals surface area contributed by atoms with Crippen molar-refractivity contribution in [1.29, 1.82) is 0 Å². The highest BCUT2D eigenvalue weighted by Gasteiger charge is 2.27. The predicted octanol–water partition coefficient (Wildman–Crippen LogP) is 1.28. The van der Waals surface area contributed by atoms with Gasteiger partial charge in [-0.3, -0.25) is 4.99 Å². The first-order valence-electron chi connectivity index (χ1n) is 8.46. The van der Waals surface area contributed by atoms with E-state index in [0.717, 1.165) is 32.5 Å². The number of nitrogens with two attached hydrogens (primary N) is 1. The normalized spacial score (nSPS) is 23.8. The molecule has 2 rings (SSSR count). The molecule has 7 nitrogen and oxygen atoms in total. The van der Waals surface area contributed by atoms with Gasteiger partial charge in [-0.15, -0.1) is 0 Å². The van der Waals surface area contributed by atoms with Crippen LogP contribution in [0.4, 0.5) is 4.79 Å². The van der Waals surface area contributed by atoms with Crippen LogP contribution in [0.1, 0.15) is 33.6 Å². The molecular formula is C16H30N4O3. The lowest BCUT2D eigenvalue weighted by Gasteiger charge is -2.34. The fourth-order valence-corrected chi connectivity index (χ4v) is 2.82. The fourth-order valence-electron chi connectivity index (χ4n) is 2.82. The summed E-state index contributed by atoms with van der Waals surface area (Å²) in [6, 6.07) is 0. The van der Waals surface area contributed by atoms with Gasteiger partial charge in [-0.25, -0.2) is 4.79 Å². The molecule has 23 heavy (non-hydrogen) atoms. The maximum atomic E-state index is 12.2. The second-order valence-electron chi connectivity index (χ2n) is 7.23. The molecule has 2 fully saturated rings. The van der Waals surface area contributed by atoms with Crippen molar-refractivity contribution in [1.82, 2.24) is 9.80 Å². The molecule has 1 atom stereocenters. The monoisotopic (exact) mass is 326 g/mol. The number of guanidine groups is 1. The molecule has 0 aliphatic carbocycles. The van der Waals surface area contributed by atoms with Crippen LogP contribution in [0.2, 0.25) is 0 Å². The van der Waals surface area contributed by atoms with Crippen molar-refractivity contribution in [3.8, 4) is 0 Å². The van der Waals surface area contributed by atoms with E-state index in [1.165, 1.54) is 0 Å². The summed E-state index contributed by atoms with van der Waals surface area (Å²) in [4.78, 5) is 20.5. The molecule has 1 unspecified atom stereocenters. The van der Waals surface area contributed by atoms with E-state index in [4.69, 9.17) is 15.2 Å². The molecule has 7 heteroatoms. The van der Waals surface area contributed by atoms with Crippen LogP contribution < -0.4 is 5.73 Å². The Hall–Kier alpha value is -1.50. The molecule has 0 aromatic rings. The Morgan fingerprint density at radius 3 is 2.61 bits per heavy atom. The molecule has 2 N–H and O–H groups in total. The number of carbonyl (C=O) groups is 1. The number of rotatable bonds is 2. The van der Waals surface area contributed by atoms with Gasteiger partial charge in [-0.2, -0.15) is 0 Å². The zero-order valence-corrected chi connectivity index (χ0v) is 14.6. The molecule has 0 saturated carbocycles. The van der Waals surface area contributed by atoms with Crippen LogP contribution in [-0.4, -0.2) is 73.4 Å². The molecule has 0 aromatic carbocycles. The average Bonchev–Trinajstić information content (AvgIpc) is 2.52. The Bertz CT molecular complexity index is 428. The number of ether oxygens (including phenoxy) is 2. The molecule has 2 saturated heterocycles. The van der Waals surface area contributed by atoms with Crippen LogP contribution in [0.25, 0.3) is 0 Å². The zero-order valence-electron chi connectivity index (χ0n) is 14.6.